The SMILES string of the molecule is COc1ccc(CC(=O)c2ccc(OCC(C)C)c(O)c2O)cc1. The molecule has 5 heteroatoms. The second-order valence-corrected chi connectivity index (χ2v) is 5.96. The predicted octanol–water partition coefficient (Wildman–Crippen LogP) is 3.57. The van der Waals surface area contributed by atoms with Crippen LogP contribution in [0.4, 0.5) is 0 Å². The fourth-order valence-electron chi connectivity index (χ4n) is 2.18. The van der Waals surface area contributed by atoms with Crippen LogP contribution in [-0.4, -0.2) is 29.7 Å². The Hall–Kier alpha value is -2.69. The van der Waals surface area contributed by atoms with E-state index in [1.54, 1.807) is 31.4 Å². The molecule has 2 N–H and O–H groups in total. The number of carbonyl (C=O) groups excluding carboxylic acids is 1. The minimum Gasteiger partial charge on any atom is -0.504 e. The zero-order valence-electron chi connectivity index (χ0n) is 14.1. The summed E-state index contributed by atoms with van der Waals surface area (Å²) in [6.07, 6.45) is 0.114. The van der Waals surface area contributed by atoms with Gasteiger partial charge in [-0.15, -0.1) is 0 Å². The first kappa shape index (κ1) is 17.7. The summed E-state index contributed by atoms with van der Waals surface area (Å²) in [6, 6.07) is 10.1. The van der Waals surface area contributed by atoms with Crippen LogP contribution in [0.5, 0.6) is 23.0 Å². The van der Waals surface area contributed by atoms with Crippen LogP contribution < -0.4 is 9.47 Å². The molecular weight excluding hydrogens is 308 g/mol. The van der Waals surface area contributed by atoms with Gasteiger partial charge in [-0.25, -0.2) is 0 Å². The number of carbonyl (C=O) groups is 1. The van der Waals surface area contributed by atoms with Gasteiger partial charge < -0.3 is 19.7 Å². The molecule has 0 fully saturated rings. The molecule has 0 aliphatic carbocycles. The van der Waals surface area contributed by atoms with Crippen molar-refractivity contribution >= 4 is 5.78 Å². The van der Waals surface area contributed by atoms with E-state index in [2.05, 4.69) is 0 Å². The summed E-state index contributed by atoms with van der Waals surface area (Å²) in [7, 11) is 1.57. The van der Waals surface area contributed by atoms with Crippen molar-refractivity contribution in [2.45, 2.75) is 20.3 Å². The number of rotatable bonds is 7. The van der Waals surface area contributed by atoms with Crippen molar-refractivity contribution in [1.82, 2.24) is 0 Å². The van der Waals surface area contributed by atoms with E-state index >= 15 is 0 Å². The molecule has 0 aliphatic rings. The quantitative estimate of drug-likeness (QED) is 0.599. The third kappa shape index (κ3) is 4.19. The Morgan fingerprint density at radius 1 is 1.04 bits per heavy atom. The van der Waals surface area contributed by atoms with Gasteiger partial charge in [0.2, 0.25) is 5.75 Å². The molecule has 24 heavy (non-hydrogen) atoms. The zero-order chi connectivity index (χ0) is 17.7. The Kier molecular flexibility index (Phi) is 5.68. The van der Waals surface area contributed by atoms with Gasteiger partial charge in [0.1, 0.15) is 5.75 Å². The van der Waals surface area contributed by atoms with Crippen molar-refractivity contribution in [3.8, 4) is 23.0 Å². The fourth-order valence-corrected chi connectivity index (χ4v) is 2.18. The van der Waals surface area contributed by atoms with E-state index in [-0.39, 0.29) is 29.4 Å². The highest BCUT2D eigenvalue weighted by Crippen LogP contribution is 2.38. The third-order valence-corrected chi connectivity index (χ3v) is 3.51. The number of hydrogen-bond donors (Lipinski definition) is 2. The lowest BCUT2D eigenvalue weighted by Crippen LogP contribution is -2.07. The maximum atomic E-state index is 12.4. The molecule has 0 atom stereocenters. The number of hydrogen-bond acceptors (Lipinski definition) is 5. The molecule has 0 amide bonds. The number of phenolic OH excluding ortho intramolecular Hbond substituents is 2. The van der Waals surface area contributed by atoms with Gasteiger partial charge in [-0.05, 0) is 35.7 Å². The average molecular weight is 330 g/mol. The van der Waals surface area contributed by atoms with Gasteiger partial charge in [0.15, 0.2) is 17.3 Å². The molecule has 2 rings (SSSR count). The van der Waals surface area contributed by atoms with Crippen molar-refractivity contribution in [2.75, 3.05) is 13.7 Å². The van der Waals surface area contributed by atoms with Crippen molar-refractivity contribution in [3.63, 3.8) is 0 Å². The minimum absolute atomic E-state index is 0.0696. The number of ketones is 1. The molecule has 0 saturated heterocycles. The molecule has 0 bridgehead atoms. The number of aromatic hydroxyl groups is 2. The summed E-state index contributed by atoms with van der Waals surface area (Å²) in [5.41, 5.74) is 0.861. The smallest absolute Gasteiger partial charge is 0.201 e. The van der Waals surface area contributed by atoms with Crippen molar-refractivity contribution in [2.24, 2.45) is 5.92 Å². The van der Waals surface area contributed by atoms with E-state index in [0.717, 1.165) is 5.56 Å². The van der Waals surface area contributed by atoms with E-state index in [9.17, 15) is 15.0 Å². The normalized spacial score (nSPS) is 10.7. The van der Waals surface area contributed by atoms with E-state index in [4.69, 9.17) is 9.47 Å². The van der Waals surface area contributed by atoms with Crippen molar-refractivity contribution in [1.29, 1.82) is 0 Å². The first-order valence-corrected chi connectivity index (χ1v) is 7.76. The number of methoxy groups -OCH3 is 1. The first-order chi connectivity index (χ1) is 11.4. The number of ether oxygens (including phenoxy) is 2. The summed E-state index contributed by atoms with van der Waals surface area (Å²) < 4.78 is 10.5. The van der Waals surface area contributed by atoms with E-state index in [0.29, 0.717) is 12.4 Å². The highest BCUT2D eigenvalue weighted by Gasteiger charge is 2.18. The van der Waals surface area contributed by atoms with Gasteiger partial charge in [-0.1, -0.05) is 26.0 Å². The molecule has 0 unspecified atom stereocenters. The summed E-state index contributed by atoms with van der Waals surface area (Å²) in [5, 5.41) is 20.1. The Morgan fingerprint density at radius 2 is 1.71 bits per heavy atom. The Balaban J connectivity index is 2.15. The molecular formula is C19H22O5. The van der Waals surface area contributed by atoms with E-state index < -0.39 is 11.5 Å². The first-order valence-electron chi connectivity index (χ1n) is 7.76. The van der Waals surface area contributed by atoms with Crippen LogP contribution in [0.15, 0.2) is 36.4 Å². The second kappa shape index (κ2) is 7.73. The fraction of sp³-hybridized carbons (Fsp3) is 0.316. The maximum Gasteiger partial charge on any atom is 0.201 e. The Bertz CT molecular complexity index is 704. The topological polar surface area (TPSA) is 76.0 Å². The molecule has 0 saturated carbocycles. The highest BCUT2D eigenvalue weighted by atomic mass is 16.5. The van der Waals surface area contributed by atoms with Crippen LogP contribution in [0, 0.1) is 5.92 Å². The molecule has 0 aromatic heterocycles. The van der Waals surface area contributed by atoms with Gasteiger partial charge in [-0.3, -0.25) is 4.79 Å². The summed E-state index contributed by atoms with van der Waals surface area (Å²) >= 11 is 0. The van der Waals surface area contributed by atoms with Gasteiger partial charge in [0.05, 0.1) is 19.3 Å². The maximum absolute atomic E-state index is 12.4. The summed E-state index contributed by atoms with van der Waals surface area (Å²) in [4.78, 5) is 12.4. The van der Waals surface area contributed by atoms with Crippen LogP contribution in [-0.2, 0) is 6.42 Å². The number of benzene rings is 2. The molecule has 2 aromatic carbocycles. The monoisotopic (exact) mass is 330 g/mol. The molecule has 0 heterocycles. The molecule has 128 valence electrons. The van der Waals surface area contributed by atoms with Crippen LogP contribution in [0.1, 0.15) is 29.8 Å². The molecule has 5 nitrogen and oxygen atoms in total. The van der Waals surface area contributed by atoms with Crippen molar-refractivity contribution in [3.05, 3.63) is 47.5 Å². The van der Waals surface area contributed by atoms with Crippen LogP contribution in [0.2, 0.25) is 0 Å². The number of Topliss-reactive ketones (excluding diaryl/α,β-unsaturated/α-hetero) is 1. The molecule has 0 aliphatic heterocycles. The largest absolute Gasteiger partial charge is 0.504 e. The molecule has 0 radical (unpaired) electrons. The lowest BCUT2D eigenvalue weighted by molar-refractivity contribution is 0.0989. The van der Waals surface area contributed by atoms with Crippen LogP contribution >= 0.6 is 0 Å². The van der Waals surface area contributed by atoms with Gasteiger partial charge in [0.25, 0.3) is 0 Å². The van der Waals surface area contributed by atoms with Gasteiger partial charge >= 0.3 is 0 Å². The second-order valence-electron chi connectivity index (χ2n) is 5.96. The Morgan fingerprint density at radius 3 is 2.29 bits per heavy atom. The van der Waals surface area contributed by atoms with Gasteiger partial charge in [0, 0.05) is 6.42 Å². The highest BCUT2D eigenvalue weighted by molar-refractivity contribution is 6.00. The molecule has 2 aromatic rings. The summed E-state index contributed by atoms with van der Waals surface area (Å²) in [6.45, 7) is 4.36. The Labute approximate surface area is 141 Å². The standard InChI is InChI=1S/C19H22O5/c1-12(2)11-24-17-9-8-15(18(21)19(17)22)16(20)10-13-4-6-14(23-3)7-5-13/h4-9,12,21-22H,10-11H2,1-3H3. The summed E-state index contributed by atoms with van der Waals surface area (Å²) in [5.74, 6) is 0.0119. The lowest BCUT2D eigenvalue weighted by atomic mass is 10.0. The average Bonchev–Trinajstić information content (AvgIpc) is 2.56. The number of phenols is 2. The lowest BCUT2D eigenvalue weighted by Gasteiger charge is -2.13. The van der Waals surface area contributed by atoms with Crippen LogP contribution in [0.3, 0.4) is 0 Å². The van der Waals surface area contributed by atoms with Gasteiger partial charge in [-0.2, -0.15) is 0 Å². The van der Waals surface area contributed by atoms with E-state index in [1.807, 2.05) is 13.8 Å². The zero-order valence-corrected chi connectivity index (χ0v) is 14.1. The van der Waals surface area contributed by atoms with E-state index in [1.165, 1.54) is 12.1 Å². The third-order valence-electron chi connectivity index (χ3n) is 3.51. The predicted molar refractivity (Wildman–Crippen MR) is 91.1 cm³/mol. The minimum atomic E-state index is -0.449. The van der Waals surface area contributed by atoms with Crippen molar-refractivity contribution < 1.29 is 24.5 Å². The van der Waals surface area contributed by atoms with Crippen LogP contribution in [0.25, 0.3) is 0 Å². The molecule has 0 spiro atoms.